The third-order valence-electron chi connectivity index (χ3n) is 6.93. The van der Waals surface area contributed by atoms with E-state index in [0.29, 0.717) is 30.5 Å². The molecule has 0 spiro atoms. The first-order valence-electron chi connectivity index (χ1n) is 13.2. The molecule has 6 nitrogen and oxygen atoms in total. The summed E-state index contributed by atoms with van der Waals surface area (Å²) in [5.74, 6) is -0.543. The maximum absolute atomic E-state index is 13.6. The summed E-state index contributed by atoms with van der Waals surface area (Å²) in [7, 11) is 0. The third-order valence-corrected chi connectivity index (χ3v) is 7.67. The molecule has 230 valence electrons. The van der Waals surface area contributed by atoms with E-state index in [1.165, 1.54) is 4.90 Å². The van der Waals surface area contributed by atoms with Crippen LogP contribution < -0.4 is 10.2 Å². The van der Waals surface area contributed by atoms with Crippen LogP contribution in [0, 0.1) is 0 Å². The molecule has 1 aliphatic heterocycles. The highest BCUT2D eigenvalue weighted by atomic mass is 35.5. The zero-order valence-corrected chi connectivity index (χ0v) is 24.4. The summed E-state index contributed by atoms with van der Waals surface area (Å²) < 4.78 is 86.8. The van der Waals surface area contributed by atoms with E-state index in [9.17, 15) is 35.9 Å². The Labute approximate surface area is 248 Å². The second-order valence-electron chi connectivity index (χ2n) is 11.4. The van der Waals surface area contributed by atoms with E-state index in [1.807, 2.05) is 0 Å². The standard InChI is InChI=1S/C28H29Cl2F6N3O3/c1-26(2,3)42-25(41)38-9-8-23(20(14-38)15-4-7-21(29)22(30)10-15)37-24(40)39(18-5-6-18)19-12-16(27(31,32)33)11-17(13-19)28(34,35)36/h4,7,10-13,18,20,23H,5-6,8-9,14H2,1-3H3,(H,37,40)/t20-,23+/m0/s1. The highest BCUT2D eigenvalue weighted by Gasteiger charge is 2.42. The lowest BCUT2D eigenvalue weighted by molar-refractivity contribution is -0.143. The molecule has 1 aliphatic carbocycles. The molecule has 0 bridgehead atoms. The Hall–Kier alpha value is -2.86. The molecular weight excluding hydrogens is 611 g/mol. The van der Waals surface area contributed by atoms with Crippen LogP contribution in [0.2, 0.25) is 10.0 Å². The first-order chi connectivity index (χ1) is 19.3. The Morgan fingerprint density at radius 3 is 2.00 bits per heavy atom. The van der Waals surface area contributed by atoms with Crippen molar-refractivity contribution in [2.24, 2.45) is 0 Å². The number of halogens is 8. The van der Waals surface area contributed by atoms with Gasteiger partial charge in [-0.3, -0.25) is 4.90 Å². The van der Waals surface area contributed by atoms with Crippen molar-refractivity contribution in [3.8, 4) is 0 Å². The molecule has 2 aliphatic rings. The molecule has 2 fully saturated rings. The van der Waals surface area contributed by atoms with Crippen molar-refractivity contribution in [3.63, 3.8) is 0 Å². The zero-order valence-electron chi connectivity index (χ0n) is 22.9. The molecule has 2 atom stereocenters. The fourth-order valence-corrected chi connectivity index (χ4v) is 5.14. The molecule has 1 heterocycles. The number of hydrogen-bond acceptors (Lipinski definition) is 3. The molecule has 1 saturated carbocycles. The van der Waals surface area contributed by atoms with Gasteiger partial charge >= 0.3 is 24.5 Å². The van der Waals surface area contributed by atoms with Crippen LogP contribution in [0.3, 0.4) is 0 Å². The van der Waals surface area contributed by atoms with Crippen molar-refractivity contribution in [2.45, 2.75) is 76.0 Å². The summed E-state index contributed by atoms with van der Waals surface area (Å²) >= 11 is 12.3. The van der Waals surface area contributed by atoms with Crippen molar-refractivity contribution in [3.05, 3.63) is 63.1 Å². The SMILES string of the molecule is CC(C)(C)OC(=O)N1CC[C@@H](NC(=O)N(c2cc(C(F)(F)F)cc(C(F)(F)F)c2)C2CC2)[C@H](c2ccc(Cl)c(Cl)c2)C1. The third kappa shape index (κ3) is 7.75. The highest BCUT2D eigenvalue weighted by Crippen LogP contribution is 2.41. The maximum Gasteiger partial charge on any atom is 0.416 e. The number of anilines is 1. The van der Waals surface area contributed by atoms with Crippen LogP contribution in [-0.4, -0.2) is 47.8 Å². The quantitative estimate of drug-likeness (QED) is 0.341. The Morgan fingerprint density at radius 2 is 1.50 bits per heavy atom. The Morgan fingerprint density at radius 1 is 0.905 bits per heavy atom. The highest BCUT2D eigenvalue weighted by molar-refractivity contribution is 6.42. The Kier molecular flexibility index (Phi) is 8.91. The van der Waals surface area contributed by atoms with Gasteiger partial charge in [0.15, 0.2) is 0 Å². The summed E-state index contributed by atoms with van der Waals surface area (Å²) in [4.78, 5) is 28.9. The van der Waals surface area contributed by atoms with E-state index < -0.39 is 64.9 Å². The number of carbonyl (C=O) groups excluding carboxylic acids is 2. The summed E-state index contributed by atoms with van der Waals surface area (Å²) in [6.45, 7) is 5.45. The molecule has 1 saturated heterocycles. The smallest absolute Gasteiger partial charge is 0.416 e. The molecule has 4 rings (SSSR count). The summed E-state index contributed by atoms with van der Waals surface area (Å²) in [5, 5.41) is 3.33. The second-order valence-corrected chi connectivity index (χ2v) is 12.2. The molecule has 2 aromatic carbocycles. The Balaban J connectivity index is 1.66. The van der Waals surface area contributed by atoms with E-state index in [4.69, 9.17) is 27.9 Å². The van der Waals surface area contributed by atoms with Crippen molar-refractivity contribution in [1.29, 1.82) is 0 Å². The van der Waals surface area contributed by atoms with Gasteiger partial charge in [-0.25, -0.2) is 9.59 Å². The number of rotatable bonds is 4. The number of nitrogens with zero attached hydrogens (tertiary/aromatic N) is 2. The van der Waals surface area contributed by atoms with E-state index >= 15 is 0 Å². The fourth-order valence-electron chi connectivity index (χ4n) is 4.83. The van der Waals surface area contributed by atoms with Crippen molar-refractivity contribution in [2.75, 3.05) is 18.0 Å². The van der Waals surface area contributed by atoms with Gasteiger partial charge in [0.05, 0.1) is 21.2 Å². The largest absolute Gasteiger partial charge is 0.444 e. The number of hydrogen-bond donors (Lipinski definition) is 1. The second kappa shape index (κ2) is 11.7. The molecule has 2 aromatic rings. The number of benzene rings is 2. The molecular formula is C28H29Cl2F6N3O3. The van der Waals surface area contributed by atoms with Crippen molar-refractivity contribution < 1.29 is 40.7 Å². The number of piperidine rings is 1. The molecule has 14 heteroatoms. The van der Waals surface area contributed by atoms with Crippen LogP contribution in [0.4, 0.5) is 41.6 Å². The van der Waals surface area contributed by atoms with E-state index in [2.05, 4.69) is 5.32 Å². The van der Waals surface area contributed by atoms with E-state index in [0.717, 1.165) is 4.90 Å². The van der Waals surface area contributed by atoms with Crippen LogP contribution in [0.15, 0.2) is 36.4 Å². The number of nitrogens with one attached hydrogen (secondary N) is 1. The van der Waals surface area contributed by atoms with Gasteiger partial charge in [-0.15, -0.1) is 0 Å². The van der Waals surface area contributed by atoms with E-state index in [-0.39, 0.29) is 35.6 Å². The van der Waals surface area contributed by atoms with Crippen molar-refractivity contribution in [1.82, 2.24) is 10.2 Å². The predicted molar refractivity (Wildman–Crippen MR) is 146 cm³/mol. The average Bonchev–Trinajstić information content (AvgIpc) is 3.69. The van der Waals surface area contributed by atoms with Crippen LogP contribution in [0.1, 0.15) is 62.6 Å². The van der Waals surface area contributed by atoms with Crippen LogP contribution in [0.25, 0.3) is 0 Å². The molecule has 3 amide bonds. The number of amides is 3. The molecule has 0 unspecified atom stereocenters. The summed E-state index contributed by atoms with van der Waals surface area (Å²) in [6, 6.07) is 3.89. The average molecular weight is 640 g/mol. The predicted octanol–water partition coefficient (Wildman–Crippen LogP) is 8.50. The Bertz CT molecular complexity index is 1310. The van der Waals surface area contributed by atoms with Gasteiger partial charge in [0, 0.05) is 36.8 Å². The normalized spacial score (nSPS) is 19.8. The number of carbonyl (C=O) groups is 2. The molecule has 0 radical (unpaired) electrons. The molecule has 42 heavy (non-hydrogen) atoms. The van der Waals surface area contributed by atoms with Gasteiger partial charge in [-0.2, -0.15) is 26.3 Å². The number of urea groups is 1. The van der Waals surface area contributed by atoms with Gasteiger partial charge in [0.25, 0.3) is 0 Å². The number of likely N-dealkylation sites (tertiary alicyclic amines) is 1. The molecule has 0 aromatic heterocycles. The first kappa shape index (κ1) is 32.1. The lowest BCUT2D eigenvalue weighted by atomic mass is 9.86. The molecule has 1 N–H and O–H groups in total. The zero-order chi connectivity index (χ0) is 31.2. The minimum atomic E-state index is -5.06. The van der Waals surface area contributed by atoms with Gasteiger partial charge in [-0.05, 0) is 75.9 Å². The van der Waals surface area contributed by atoms with Crippen LogP contribution >= 0.6 is 23.2 Å². The number of alkyl halides is 6. The fraction of sp³-hybridized carbons (Fsp3) is 0.500. The van der Waals surface area contributed by atoms with E-state index in [1.54, 1.807) is 39.0 Å². The summed E-state index contributed by atoms with van der Waals surface area (Å²) in [6.07, 6.45) is -9.63. The van der Waals surface area contributed by atoms with Gasteiger partial charge in [0.1, 0.15) is 5.60 Å². The topological polar surface area (TPSA) is 61.9 Å². The minimum Gasteiger partial charge on any atom is -0.444 e. The van der Waals surface area contributed by atoms with Gasteiger partial charge in [0.2, 0.25) is 0 Å². The monoisotopic (exact) mass is 639 g/mol. The van der Waals surface area contributed by atoms with Crippen LogP contribution in [0.5, 0.6) is 0 Å². The van der Waals surface area contributed by atoms with Gasteiger partial charge in [-0.1, -0.05) is 29.3 Å². The lowest BCUT2D eigenvalue weighted by Gasteiger charge is -2.40. The summed E-state index contributed by atoms with van der Waals surface area (Å²) in [5.41, 5.74) is -3.66. The van der Waals surface area contributed by atoms with Crippen LogP contribution in [-0.2, 0) is 17.1 Å². The first-order valence-corrected chi connectivity index (χ1v) is 13.9. The van der Waals surface area contributed by atoms with Gasteiger partial charge < -0.3 is 15.0 Å². The number of ether oxygens (including phenoxy) is 1. The maximum atomic E-state index is 13.6. The van der Waals surface area contributed by atoms with Crippen molar-refractivity contribution >= 4 is 41.0 Å². The lowest BCUT2D eigenvalue weighted by Crippen LogP contribution is -2.55. The minimum absolute atomic E-state index is 0.0270.